The largest absolute Gasteiger partial charge is 0.383 e. The normalized spacial score (nSPS) is 10.5. The molecule has 2 aromatic rings. The maximum absolute atomic E-state index is 10.6. The van der Waals surface area contributed by atoms with Crippen molar-refractivity contribution in [2.24, 2.45) is 5.18 Å². The van der Waals surface area contributed by atoms with E-state index in [1.165, 1.54) is 0 Å². The zero-order valence-electron chi connectivity index (χ0n) is 10.3. The highest BCUT2D eigenvalue weighted by Crippen LogP contribution is 2.28. The summed E-state index contributed by atoms with van der Waals surface area (Å²) in [7, 11) is 0. The number of hydrogen-bond donors (Lipinski definition) is 1. The van der Waals surface area contributed by atoms with E-state index in [2.05, 4.69) is 25.4 Å². The zero-order valence-corrected chi connectivity index (χ0v) is 10.3. The van der Waals surface area contributed by atoms with Gasteiger partial charge in [0.1, 0.15) is 12.0 Å². The van der Waals surface area contributed by atoms with Gasteiger partial charge in [0.05, 0.1) is 5.69 Å². The Labute approximate surface area is 109 Å². The van der Waals surface area contributed by atoms with E-state index >= 15 is 0 Å². The van der Waals surface area contributed by atoms with Crippen molar-refractivity contribution < 1.29 is 9.42 Å². The molecule has 0 bridgehead atoms. The summed E-state index contributed by atoms with van der Waals surface area (Å²) in [5, 5.41) is 13.5. The van der Waals surface area contributed by atoms with Crippen molar-refractivity contribution in [1.82, 2.24) is 10.3 Å². The van der Waals surface area contributed by atoms with Crippen LogP contribution in [0.1, 0.15) is 25.7 Å². The van der Waals surface area contributed by atoms with Crippen LogP contribution in [0.4, 0.5) is 11.4 Å². The molecule has 0 aliphatic carbocycles. The first-order valence-corrected chi connectivity index (χ1v) is 6.13. The zero-order chi connectivity index (χ0) is 13.5. The van der Waals surface area contributed by atoms with Crippen molar-refractivity contribution in [3.8, 4) is 0 Å². The smallest absolute Gasteiger partial charge is 0.166 e. The number of nitrogens with zero attached hydrogens (tertiary/aromatic N) is 3. The van der Waals surface area contributed by atoms with E-state index in [1.54, 1.807) is 12.1 Å². The molecule has 100 valence electrons. The summed E-state index contributed by atoms with van der Waals surface area (Å²) in [5.41, 5.74) is 1.85. The molecule has 1 aromatic carbocycles. The summed E-state index contributed by atoms with van der Waals surface area (Å²) in [6.45, 7) is 0.759. The van der Waals surface area contributed by atoms with Crippen LogP contribution in [0.3, 0.4) is 0 Å². The number of benzene rings is 1. The van der Waals surface area contributed by atoms with Crippen molar-refractivity contribution in [3.05, 3.63) is 17.0 Å². The van der Waals surface area contributed by atoms with Crippen LogP contribution in [-0.2, 0) is 4.79 Å². The first-order chi connectivity index (χ1) is 9.36. The van der Waals surface area contributed by atoms with E-state index in [1.807, 2.05) is 0 Å². The number of unbranched alkanes of at least 4 members (excludes halogenated alkanes) is 3. The number of carbonyl (C=O) groups excluding carboxylic acids is 1. The van der Waals surface area contributed by atoms with Gasteiger partial charge in [0.25, 0.3) is 0 Å². The minimum Gasteiger partial charge on any atom is -0.383 e. The van der Waals surface area contributed by atoms with E-state index in [4.69, 9.17) is 0 Å². The molecule has 0 amide bonds. The molecule has 0 fully saturated rings. The van der Waals surface area contributed by atoms with E-state index in [0.717, 1.165) is 37.8 Å². The van der Waals surface area contributed by atoms with Crippen molar-refractivity contribution in [1.29, 1.82) is 0 Å². The third-order valence-corrected chi connectivity index (χ3v) is 2.81. The van der Waals surface area contributed by atoms with Crippen LogP contribution < -0.4 is 5.32 Å². The molecule has 0 spiro atoms. The summed E-state index contributed by atoms with van der Waals surface area (Å²) in [6, 6.07) is 3.31. The van der Waals surface area contributed by atoms with Gasteiger partial charge in [0.15, 0.2) is 11.0 Å². The number of anilines is 1. The average Bonchev–Trinajstić information content (AvgIpc) is 2.92. The van der Waals surface area contributed by atoms with Crippen LogP contribution in [0.15, 0.2) is 21.9 Å². The second-order valence-corrected chi connectivity index (χ2v) is 4.13. The number of aromatic nitrogens is 2. The number of aldehydes is 1. The maximum atomic E-state index is 10.6. The van der Waals surface area contributed by atoms with Gasteiger partial charge in [-0.15, -0.1) is 4.91 Å². The molecule has 0 saturated heterocycles. The first-order valence-electron chi connectivity index (χ1n) is 6.13. The van der Waals surface area contributed by atoms with Crippen LogP contribution in [-0.4, -0.2) is 23.1 Å². The Morgan fingerprint density at radius 2 is 2.05 bits per heavy atom. The van der Waals surface area contributed by atoms with Gasteiger partial charge in [-0.3, -0.25) is 0 Å². The second kappa shape index (κ2) is 6.58. The third-order valence-electron chi connectivity index (χ3n) is 2.81. The summed E-state index contributed by atoms with van der Waals surface area (Å²) < 4.78 is 4.63. The monoisotopic (exact) mass is 262 g/mol. The van der Waals surface area contributed by atoms with Crippen molar-refractivity contribution in [3.63, 3.8) is 0 Å². The third kappa shape index (κ3) is 3.12. The highest BCUT2D eigenvalue weighted by Gasteiger charge is 2.11. The topological polar surface area (TPSA) is 97.5 Å². The van der Waals surface area contributed by atoms with Crippen LogP contribution in [0.25, 0.3) is 11.0 Å². The second-order valence-electron chi connectivity index (χ2n) is 4.13. The summed E-state index contributed by atoms with van der Waals surface area (Å²) in [5.74, 6) is 0. The SMILES string of the molecule is O=CCCCCCNc1ccc(N=O)c2nonc12. The molecular formula is C12H14N4O3. The molecule has 0 radical (unpaired) electrons. The molecule has 0 saturated carbocycles. The number of hydrogen-bond acceptors (Lipinski definition) is 7. The van der Waals surface area contributed by atoms with Crippen molar-refractivity contribution >= 4 is 28.7 Å². The Hall–Kier alpha value is -2.31. The van der Waals surface area contributed by atoms with Crippen LogP contribution in [0, 0.1) is 4.91 Å². The van der Waals surface area contributed by atoms with Crippen LogP contribution in [0.5, 0.6) is 0 Å². The lowest BCUT2D eigenvalue weighted by molar-refractivity contribution is -0.107. The molecule has 0 unspecified atom stereocenters. The first kappa shape index (κ1) is 13.1. The Bertz CT molecular complexity index is 567. The van der Waals surface area contributed by atoms with Crippen LogP contribution in [0.2, 0.25) is 0 Å². The molecule has 0 atom stereocenters. The fraction of sp³-hybridized carbons (Fsp3) is 0.417. The lowest BCUT2D eigenvalue weighted by Gasteiger charge is -2.05. The molecule has 2 rings (SSSR count). The lowest BCUT2D eigenvalue weighted by atomic mass is 10.2. The van der Waals surface area contributed by atoms with E-state index in [-0.39, 0.29) is 5.69 Å². The number of nitrogens with one attached hydrogen (secondary N) is 1. The van der Waals surface area contributed by atoms with Gasteiger partial charge in [-0.25, -0.2) is 4.63 Å². The molecule has 1 aromatic heterocycles. The van der Waals surface area contributed by atoms with E-state index in [0.29, 0.717) is 17.5 Å². The van der Waals surface area contributed by atoms with Gasteiger partial charge < -0.3 is 10.1 Å². The Kier molecular flexibility index (Phi) is 4.54. The van der Waals surface area contributed by atoms with Gasteiger partial charge in [-0.1, -0.05) is 6.42 Å². The number of carbonyl (C=O) groups is 1. The number of fused-ring (bicyclic) bond motifs is 1. The van der Waals surface area contributed by atoms with Gasteiger partial charge in [-0.2, -0.15) is 0 Å². The van der Waals surface area contributed by atoms with Gasteiger partial charge >= 0.3 is 0 Å². The summed E-state index contributed by atoms with van der Waals surface area (Å²) in [4.78, 5) is 20.7. The highest BCUT2D eigenvalue weighted by molar-refractivity contribution is 5.94. The number of rotatable bonds is 8. The summed E-state index contributed by atoms with van der Waals surface area (Å²) >= 11 is 0. The van der Waals surface area contributed by atoms with Gasteiger partial charge in [0.2, 0.25) is 0 Å². The average molecular weight is 262 g/mol. The van der Waals surface area contributed by atoms with E-state index < -0.39 is 0 Å². The number of nitroso groups, excluding NO2 is 1. The predicted molar refractivity (Wildman–Crippen MR) is 70.3 cm³/mol. The van der Waals surface area contributed by atoms with E-state index in [9.17, 15) is 9.70 Å². The van der Waals surface area contributed by atoms with Crippen molar-refractivity contribution in [2.45, 2.75) is 25.7 Å². The predicted octanol–water partition coefficient (Wildman–Crippen LogP) is 2.79. The molecule has 0 aliphatic heterocycles. The molecule has 19 heavy (non-hydrogen) atoms. The standard InChI is InChI=1S/C12H14N4O3/c17-8-4-2-1-3-7-13-9-5-6-10(14-18)12-11(9)15-19-16-12/h5-6,8,13H,1-4,7H2. The fourth-order valence-corrected chi connectivity index (χ4v) is 1.82. The minimum absolute atomic E-state index is 0.216. The molecule has 0 aliphatic rings. The Morgan fingerprint density at radius 1 is 1.21 bits per heavy atom. The van der Waals surface area contributed by atoms with Crippen LogP contribution >= 0.6 is 0 Å². The Balaban J connectivity index is 1.95. The lowest BCUT2D eigenvalue weighted by Crippen LogP contribution is -2.02. The fourth-order valence-electron chi connectivity index (χ4n) is 1.82. The molecule has 1 heterocycles. The van der Waals surface area contributed by atoms with Gasteiger partial charge in [-0.05, 0) is 40.5 Å². The Morgan fingerprint density at radius 3 is 2.84 bits per heavy atom. The molecule has 7 nitrogen and oxygen atoms in total. The molecule has 7 heteroatoms. The maximum Gasteiger partial charge on any atom is 0.166 e. The molecule has 1 N–H and O–H groups in total. The van der Waals surface area contributed by atoms with Crippen molar-refractivity contribution in [2.75, 3.05) is 11.9 Å². The van der Waals surface area contributed by atoms with Gasteiger partial charge in [0, 0.05) is 13.0 Å². The summed E-state index contributed by atoms with van der Waals surface area (Å²) in [6.07, 6.45) is 4.38. The molecular weight excluding hydrogens is 248 g/mol. The minimum atomic E-state index is 0.216. The quantitative estimate of drug-likeness (QED) is 0.446. The highest BCUT2D eigenvalue weighted by atomic mass is 16.6.